The van der Waals surface area contributed by atoms with Crippen LogP contribution in [0, 0.1) is 6.92 Å². The minimum atomic E-state index is -0.495. The summed E-state index contributed by atoms with van der Waals surface area (Å²) in [5.74, 6) is -0.878. The summed E-state index contributed by atoms with van der Waals surface area (Å²) in [6.07, 6.45) is 0. The molecule has 4 rings (SSSR count). The molecule has 0 bridgehead atoms. The van der Waals surface area contributed by atoms with Crippen LogP contribution < -0.4 is 9.80 Å². The molecule has 1 N–H and O–H groups in total. The Bertz CT molecular complexity index is 983. The third-order valence-electron chi connectivity index (χ3n) is 5.50. The van der Waals surface area contributed by atoms with Crippen molar-refractivity contribution in [2.24, 2.45) is 0 Å². The second-order valence-electron chi connectivity index (χ2n) is 7.44. The van der Waals surface area contributed by atoms with Crippen LogP contribution in [0.1, 0.15) is 11.1 Å². The molecule has 2 aromatic rings. The number of benzene rings is 2. The minimum absolute atomic E-state index is 0.0155. The Labute approximate surface area is 180 Å². The monoisotopic (exact) mass is 430 g/mol. The van der Waals surface area contributed by atoms with Crippen LogP contribution in [-0.4, -0.2) is 42.9 Å². The molecule has 2 aromatic carbocycles. The molecule has 2 amide bonds. The Morgan fingerprint density at radius 2 is 1.66 bits per heavy atom. The van der Waals surface area contributed by atoms with Crippen LogP contribution in [-0.2, 0) is 16.1 Å². The van der Waals surface area contributed by atoms with Crippen LogP contribution >= 0.6 is 23.2 Å². The van der Waals surface area contributed by atoms with Gasteiger partial charge in [-0.05, 0) is 24.6 Å². The number of piperazine rings is 1. The Morgan fingerprint density at radius 1 is 0.966 bits per heavy atom. The zero-order valence-corrected chi connectivity index (χ0v) is 17.6. The van der Waals surface area contributed by atoms with Gasteiger partial charge in [0.15, 0.2) is 0 Å². The van der Waals surface area contributed by atoms with Crippen LogP contribution in [0.5, 0.6) is 0 Å². The van der Waals surface area contributed by atoms with Gasteiger partial charge in [-0.25, -0.2) is 4.90 Å². The maximum Gasteiger partial charge on any atom is 0.283 e. The number of quaternary nitrogens is 1. The Hall–Kier alpha value is -2.34. The van der Waals surface area contributed by atoms with Gasteiger partial charge in [-0.3, -0.25) is 9.59 Å². The van der Waals surface area contributed by atoms with Gasteiger partial charge in [0.05, 0.1) is 31.9 Å². The number of imide groups is 1. The highest BCUT2D eigenvalue weighted by Crippen LogP contribution is 2.33. The van der Waals surface area contributed by atoms with E-state index in [0.717, 1.165) is 30.1 Å². The molecule has 0 aliphatic carbocycles. The highest BCUT2D eigenvalue weighted by molar-refractivity contribution is 6.52. The van der Waals surface area contributed by atoms with Crippen molar-refractivity contribution >= 4 is 40.7 Å². The molecule has 0 atom stereocenters. The van der Waals surface area contributed by atoms with Gasteiger partial charge in [-0.15, -0.1) is 0 Å². The van der Waals surface area contributed by atoms with Crippen molar-refractivity contribution in [3.8, 4) is 0 Å². The molecule has 1 saturated heterocycles. The van der Waals surface area contributed by atoms with E-state index in [-0.39, 0.29) is 10.9 Å². The lowest BCUT2D eigenvalue weighted by molar-refractivity contribution is -0.917. The first-order chi connectivity index (χ1) is 14.0. The Morgan fingerprint density at radius 3 is 2.31 bits per heavy atom. The summed E-state index contributed by atoms with van der Waals surface area (Å²) in [4.78, 5) is 30.3. The van der Waals surface area contributed by atoms with Crippen LogP contribution in [0.2, 0.25) is 5.02 Å². The molecule has 0 unspecified atom stereocenters. The topological polar surface area (TPSA) is 45.1 Å². The van der Waals surface area contributed by atoms with Gasteiger partial charge in [0, 0.05) is 10.6 Å². The number of anilines is 1. The fraction of sp³-hybridized carbons (Fsp3) is 0.273. The first kappa shape index (κ1) is 20.0. The maximum atomic E-state index is 13.1. The van der Waals surface area contributed by atoms with E-state index in [1.165, 1.54) is 10.5 Å². The van der Waals surface area contributed by atoms with Crippen molar-refractivity contribution in [1.82, 2.24) is 4.90 Å². The third kappa shape index (κ3) is 3.90. The third-order valence-corrected chi connectivity index (χ3v) is 6.25. The molecular weight excluding hydrogens is 409 g/mol. The van der Waals surface area contributed by atoms with Gasteiger partial charge in [-0.1, -0.05) is 59.6 Å². The SMILES string of the molecule is Cc1ccc(N2C(=O)C(Cl)=C(N3CC[NH+](Cc4ccccc4)CC3)C2=O)cc1Cl. The van der Waals surface area contributed by atoms with Crippen LogP contribution in [0.15, 0.2) is 59.3 Å². The lowest BCUT2D eigenvalue weighted by atomic mass is 10.2. The van der Waals surface area contributed by atoms with Gasteiger partial charge in [0.1, 0.15) is 17.3 Å². The molecule has 0 aromatic heterocycles. The standard InChI is InChI=1S/C22H21Cl2N3O2/c1-15-7-8-17(13-18(15)23)27-21(28)19(24)20(22(27)29)26-11-9-25(10-12-26)14-16-5-3-2-4-6-16/h2-8,13H,9-12,14H2,1H3/p+1. The molecule has 0 saturated carbocycles. The zero-order chi connectivity index (χ0) is 20.5. The van der Waals surface area contributed by atoms with Gasteiger partial charge in [-0.2, -0.15) is 0 Å². The molecule has 2 heterocycles. The van der Waals surface area contributed by atoms with Crippen molar-refractivity contribution < 1.29 is 14.5 Å². The molecule has 0 radical (unpaired) electrons. The van der Waals surface area contributed by atoms with E-state index in [1.807, 2.05) is 30.0 Å². The fourth-order valence-electron chi connectivity index (χ4n) is 3.83. The first-order valence-electron chi connectivity index (χ1n) is 9.63. The Balaban J connectivity index is 1.47. The minimum Gasteiger partial charge on any atom is -0.354 e. The molecule has 2 aliphatic heterocycles. The Kier molecular flexibility index (Phi) is 5.63. The highest BCUT2D eigenvalue weighted by Gasteiger charge is 2.42. The number of halogens is 2. The van der Waals surface area contributed by atoms with Crippen molar-refractivity contribution in [1.29, 1.82) is 0 Å². The summed E-state index contributed by atoms with van der Waals surface area (Å²) < 4.78 is 0. The number of nitrogens with zero attached hydrogens (tertiary/aromatic N) is 2. The predicted molar refractivity (Wildman–Crippen MR) is 114 cm³/mol. The first-order valence-corrected chi connectivity index (χ1v) is 10.4. The predicted octanol–water partition coefficient (Wildman–Crippen LogP) is 2.37. The number of carbonyl (C=O) groups is 2. The van der Waals surface area contributed by atoms with E-state index in [2.05, 4.69) is 12.1 Å². The largest absolute Gasteiger partial charge is 0.354 e. The molecule has 5 nitrogen and oxygen atoms in total. The fourth-order valence-corrected chi connectivity index (χ4v) is 4.29. The second-order valence-corrected chi connectivity index (χ2v) is 8.23. The quantitative estimate of drug-likeness (QED) is 0.757. The molecule has 150 valence electrons. The lowest BCUT2D eigenvalue weighted by Gasteiger charge is -2.33. The van der Waals surface area contributed by atoms with Gasteiger partial charge < -0.3 is 9.80 Å². The maximum absolute atomic E-state index is 13.1. The van der Waals surface area contributed by atoms with E-state index in [9.17, 15) is 9.59 Å². The van der Waals surface area contributed by atoms with Crippen LogP contribution in [0.25, 0.3) is 0 Å². The molecule has 2 aliphatic rings. The zero-order valence-electron chi connectivity index (χ0n) is 16.1. The number of nitrogens with one attached hydrogen (secondary N) is 1. The summed E-state index contributed by atoms with van der Waals surface area (Å²) in [6, 6.07) is 15.5. The number of hydrogen-bond donors (Lipinski definition) is 1. The van der Waals surface area contributed by atoms with Crippen molar-refractivity contribution in [3.05, 3.63) is 75.4 Å². The number of rotatable bonds is 4. The summed E-state index contributed by atoms with van der Waals surface area (Å²) in [6.45, 7) is 5.92. The smallest absolute Gasteiger partial charge is 0.283 e. The number of amides is 2. The van der Waals surface area contributed by atoms with Crippen LogP contribution in [0.3, 0.4) is 0 Å². The van der Waals surface area contributed by atoms with Crippen molar-refractivity contribution in [3.63, 3.8) is 0 Å². The highest BCUT2D eigenvalue weighted by atomic mass is 35.5. The van der Waals surface area contributed by atoms with Gasteiger partial charge in [0.2, 0.25) is 0 Å². The molecule has 29 heavy (non-hydrogen) atoms. The summed E-state index contributed by atoms with van der Waals surface area (Å²) in [7, 11) is 0. The van der Waals surface area contributed by atoms with Crippen LogP contribution in [0.4, 0.5) is 5.69 Å². The molecular formula is C22H22Cl2N3O2+. The van der Waals surface area contributed by atoms with Crippen molar-refractivity contribution in [2.45, 2.75) is 13.5 Å². The molecule has 0 spiro atoms. The van der Waals surface area contributed by atoms with E-state index >= 15 is 0 Å². The lowest BCUT2D eigenvalue weighted by Crippen LogP contribution is -3.13. The summed E-state index contributed by atoms with van der Waals surface area (Å²) >= 11 is 12.5. The summed E-state index contributed by atoms with van der Waals surface area (Å²) in [5, 5.41) is 0.490. The summed E-state index contributed by atoms with van der Waals surface area (Å²) in [5.41, 5.74) is 2.92. The molecule has 1 fully saturated rings. The van der Waals surface area contributed by atoms with Crippen molar-refractivity contribution in [2.75, 3.05) is 31.1 Å². The van der Waals surface area contributed by atoms with Gasteiger partial charge in [0.25, 0.3) is 11.8 Å². The number of hydrogen-bond acceptors (Lipinski definition) is 3. The van der Waals surface area contributed by atoms with E-state index in [4.69, 9.17) is 23.2 Å². The number of carbonyl (C=O) groups excluding carboxylic acids is 2. The van der Waals surface area contributed by atoms with Gasteiger partial charge >= 0.3 is 0 Å². The van der Waals surface area contributed by atoms with E-state index in [1.54, 1.807) is 18.2 Å². The van der Waals surface area contributed by atoms with E-state index < -0.39 is 5.91 Å². The normalized spacial score (nSPS) is 18.2. The second kappa shape index (κ2) is 8.19. The average molecular weight is 431 g/mol. The molecule has 7 heteroatoms. The number of aryl methyl sites for hydroxylation is 1. The van der Waals surface area contributed by atoms with E-state index in [0.29, 0.717) is 29.5 Å². The average Bonchev–Trinajstić information content (AvgIpc) is 2.94.